The molecule has 0 radical (unpaired) electrons. The summed E-state index contributed by atoms with van der Waals surface area (Å²) in [7, 11) is 0. The van der Waals surface area contributed by atoms with Crippen molar-refractivity contribution < 1.29 is 19.2 Å². The molecule has 2 heterocycles. The number of benzene rings is 3. The van der Waals surface area contributed by atoms with Crippen LogP contribution in [0.3, 0.4) is 0 Å². The van der Waals surface area contributed by atoms with Crippen LogP contribution in [0.2, 0.25) is 10.0 Å². The van der Waals surface area contributed by atoms with Gasteiger partial charge in [-0.15, -0.1) is 0 Å². The van der Waals surface area contributed by atoms with Gasteiger partial charge in [-0.05, 0) is 54.6 Å². The summed E-state index contributed by atoms with van der Waals surface area (Å²) in [6.45, 7) is 0. The first-order valence-electron chi connectivity index (χ1n) is 8.83. The number of anilines is 2. The smallest absolute Gasteiger partial charge is 0.266 e. The zero-order chi connectivity index (χ0) is 21.2. The molecule has 6 nitrogen and oxygen atoms in total. The zero-order valence-corrected chi connectivity index (χ0v) is 16.6. The van der Waals surface area contributed by atoms with Crippen LogP contribution < -0.4 is 9.80 Å². The Balaban J connectivity index is 1.55. The number of carbonyl (C=O) groups is 4. The molecule has 30 heavy (non-hydrogen) atoms. The third-order valence-corrected chi connectivity index (χ3v) is 5.51. The fraction of sp³-hybridized carbons (Fsp3) is 0. The molecule has 0 unspecified atom stereocenters. The van der Waals surface area contributed by atoms with Crippen LogP contribution in [0.5, 0.6) is 0 Å². The van der Waals surface area contributed by atoms with E-state index in [1.165, 1.54) is 42.5 Å². The quantitative estimate of drug-likeness (QED) is 0.550. The maximum absolute atomic E-state index is 12.8. The molecule has 0 saturated carbocycles. The highest BCUT2D eigenvalue weighted by Gasteiger charge is 2.39. The van der Waals surface area contributed by atoms with Gasteiger partial charge in [0.25, 0.3) is 23.6 Å². The number of hydrogen-bond acceptors (Lipinski definition) is 4. The van der Waals surface area contributed by atoms with Gasteiger partial charge in [0.1, 0.15) is 0 Å². The number of rotatable bonds is 2. The standard InChI is InChI=1S/C22H10Cl2N2O4/c23-11-4-6-15-17(8-11)21(29)25(19(15)27)13-2-1-3-14(10-13)26-20(28)16-7-5-12(24)9-18(16)22(26)30/h1-10H. The molecule has 3 aromatic rings. The minimum absolute atomic E-state index is 0.202. The minimum atomic E-state index is -0.524. The van der Waals surface area contributed by atoms with E-state index in [0.29, 0.717) is 10.0 Å². The van der Waals surface area contributed by atoms with Gasteiger partial charge in [0, 0.05) is 10.0 Å². The maximum atomic E-state index is 12.8. The molecule has 5 rings (SSSR count). The molecule has 0 spiro atoms. The normalized spacial score (nSPS) is 15.1. The van der Waals surface area contributed by atoms with Gasteiger partial charge in [-0.1, -0.05) is 29.3 Å². The highest BCUT2D eigenvalue weighted by molar-refractivity contribution is 6.38. The SMILES string of the molecule is O=C1c2ccc(Cl)cc2C(=O)N1c1cccc(N2C(=O)c3ccc(Cl)cc3C2=O)c1. The Morgan fingerprint density at radius 3 is 1.33 bits per heavy atom. The van der Waals surface area contributed by atoms with Gasteiger partial charge in [0.15, 0.2) is 0 Å². The van der Waals surface area contributed by atoms with Gasteiger partial charge in [-0.25, -0.2) is 9.80 Å². The lowest BCUT2D eigenvalue weighted by Crippen LogP contribution is -2.31. The molecule has 8 heteroatoms. The minimum Gasteiger partial charge on any atom is -0.268 e. The van der Waals surface area contributed by atoms with E-state index in [2.05, 4.69) is 0 Å². The summed E-state index contributed by atoms with van der Waals surface area (Å²) < 4.78 is 0. The molecule has 0 bridgehead atoms. The highest BCUT2D eigenvalue weighted by Crippen LogP contribution is 2.35. The van der Waals surface area contributed by atoms with Crippen LogP contribution in [0.1, 0.15) is 41.4 Å². The summed E-state index contributed by atoms with van der Waals surface area (Å²) in [5, 5.41) is 0.686. The van der Waals surface area contributed by atoms with Crippen LogP contribution in [0.15, 0.2) is 60.7 Å². The van der Waals surface area contributed by atoms with Crippen LogP contribution >= 0.6 is 23.2 Å². The molecule has 2 aliphatic rings. The summed E-state index contributed by atoms with van der Waals surface area (Å²) in [6.07, 6.45) is 0. The van der Waals surface area contributed by atoms with Crippen LogP contribution in [0.25, 0.3) is 0 Å². The Kier molecular flexibility index (Phi) is 4.03. The molecule has 3 aromatic carbocycles. The van der Waals surface area contributed by atoms with Crippen LogP contribution in [-0.4, -0.2) is 23.6 Å². The number of carbonyl (C=O) groups excluding carboxylic acids is 4. The summed E-state index contributed by atoms with van der Waals surface area (Å²) in [5.41, 5.74) is 1.37. The van der Waals surface area contributed by atoms with E-state index in [1.807, 2.05) is 0 Å². The van der Waals surface area contributed by atoms with E-state index in [0.717, 1.165) is 9.80 Å². The fourth-order valence-corrected chi connectivity index (χ4v) is 4.01. The van der Waals surface area contributed by atoms with E-state index < -0.39 is 23.6 Å². The molecule has 0 saturated heterocycles. The molecule has 4 amide bonds. The lowest BCUT2D eigenvalue weighted by molar-refractivity contribution is 0.0912. The molecular formula is C22H10Cl2N2O4. The van der Waals surface area contributed by atoms with Gasteiger partial charge in [-0.2, -0.15) is 0 Å². The second kappa shape index (κ2) is 6.52. The second-order valence-electron chi connectivity index (χ2n) is 6.79. The Bertz CT molecular complexity index is 1220. The lowest BCUT2D eigenvalue weighted by atomic mass is 10.1. The Morgan fingerprint density at radius 1 is 0.500 bits per heavy atom. The van der Waals surface area contributed by atoms with Crippen molar-refractivity contribution in [2.75, 3.05) is 9.80 Å². The topological polar surface area (TPSA) is 74.8 Å². The molecule has 0 atom stereocenters. The summed E-state index contributed by atoms with van der Waals surface area (Å²) >= 11 is 11.9. The van der Waals surface area contributed by atoms with Crippen LogP contribution in [0, 0.1) is 0 Å². The van der Waals surface area contributed by atoms with Crippen molar-refractivity contribution in [3.8, 4) is 0 Å². The second-order valence-corrected chi connectivity index (χ2v) is 7.66. The Hall–Kier alpha value is -3.48. The summed E-state index contributed by atoms with van der Waals surface area (Å²) in [5.74, 6) is -2.05. The number of amides is 4. The number of halogens is 2. The first-order chi connectivity index (χ1) is 14.4. The molecule has 0 fully saturated rings. The van der Waals surface area contributed by atoms with E-state index in [-0.39, 0.29) is 33.6 Å². The van der Waals surface area contributed by atoms with Crippen molar-refractivity contribution in [1.82, 2.24) is 0 Å². The first kappa shape index (κ1) is 18.5. The van der Waals surface area contributed by atoms with Crippen LogP contribution in [0.4, 0.5) is 11.4 Å². The molecule has 0 aromatic heterocycles. The highest BCUT2D eigenvalue weighted by atomic mass is 35.5. The molecule has 0 N–H and O–H groups in total. The van der Waals surface area contributed by atoms with E-state index in [1.54, 1.807) is 18.2 Å². The van der Waals surface area contributed by atoms with E-state index in [9.17, 15) is 19.2 Å². The number of fused-ring (bicyclic) bond motifs is 2. The number of nitrogens with zero attached hydrogens (tertiary/aromatic N) is 2. The fourth-order valence-electron chi connectivity index (χ4n) is 3.67. The van der Waals surface area contributed by atoms with Crippen molar-refractivity contribution in [3.63, 3.8) is 0 Å². The third-order valence-electron chi connectivity index (χ3n) is 5.04. The average Bonchev–Trinajstić information content (AvgIpc) is 3.12. The van der Waals surface area contributed by atoms with Crippen molar-refractivity contribution in [1.29, 1.82) is 0 Å². The van der Waals surface area contributed by atoms with Crippen LogP contribution in [-0.2, 0) is 0 Å². The van der Waals surface area contributed by atoms with Crippen molar-refractivity contribution in [2.24, 2.45) is 0 Å². The Labute approximate surface area is 180 Å². The first-order valence-corrected chi connectivity index (χ1v) is 9.59. The Morgan fingerprint density at radius 2 is 0.900 bits per heavy atom. The van der Waals surface area contributed by atoms with Crippen molar-refractivity contribution >= 4 is 58.2 Å². The van der Waals surface area contributed by atoms with Crippen molar-refractivity contribution in [2.45, 2.75) is 0 Å². The largest absolute Gasteiger partial charge is 0.268 e. The van der Waals surface area contributed by atoms with Gasteiger partial charge in [-0.3, -0.25) is 19.2 Å². The molecule has 2 aliphatic heterocycles. The number of hydrogen-bond donors (Lipinski definition) is 0. The number of imide groups is 2. The monoisotopic (exact) mass is 436 g/mol. The van der Waals surface area contributed by atoms with Gasteiger partial charge in [0.2, 0.25) is 0 Å². The zero-order valence-electron chi connectivity index (χ0n) is 15.1. The third kappa shape index (κ3) is 2.58. The maximum Gasteiger partial charge on any atom is 0.266 e. The van der Waals surface area contributed by atoms with E-state index in [4.69, 9.17) is 23.2 Å². The van der Waals surface area contributed by atoms with Gasteiger partial charge in [0.05, 0.1) is 33.6 Å². The summed E-state index contributed by atoms with van der Waals surface area (Å²) in [4.78, 5) is 53.2. The van der Waals surface area contributed by atoms with Gasteiger partial charge >= 0.3 is 0 Å². The van der Waals surface area contributed by atoms with E-state index >= 15 is 0 Å². The molecular weight excluding hydrogens is 427 g/mol. The summed E-state index contributed by atoms with van der Waals surface area (Å²) in [6, 6.07) is 15.1. The van der Waals surface area contributed by atoms with Crippen molar-refractivity contribution in [3.05, 3.63) is 93.0 Å². The molecule has 146 valence electrons. The average molecular weight is 437 g/mol. The lowest BCUT2D eigenvalue weighted by Gasteiger charge is -2.18. The molecule has 0 aliphatic carbocycles. The predicted molar refractivity (Wildman–Crippen MR) is 112 cm³/mol. The predicted octanol–water partition coefficient (Wildman–Crippen LogP) is 4.59. The van der Waals surface area contributed by atoms with Gasteiger partial charge < -0.3 is 0 Å².